The van der Waals surface area contributed by atoms with Gasteiger partial charge in [-0.2, -0.15) is 0 Å². The third-order valence-corrected chi connectivity index (χ3v) is 4.20. The van der Waals surface area contributed by atoms with Crippen LogP contribution in [0.15, 0.2) is 24.3 Å². The molecule has 0 aliphatic heterocycles. The van der Waals surface area contributed by atoms with Gasteiger partial charge in [0.05, 0.1) is 13.2 Å². The molecule has 2 amide bonds. The second-order valence-electron chi connectivity index (χ2n) is 6.07. The molecular formula is C17H26N2O3. The molecule has 122 valence electrons. The number of urea groups is 1. The Hall–Kier alpha value is -1.75. The molecule has 1 aliphatic rings. The Bertz CT molecular complexity index is 493. The zero-order valence-electron chi connectivity index (χ0n) is 13.3. The van der Waals surface area contributed by atoms with Gasteiger partial charge < -0.3 is 20.5 Å². The van der Waals surface area contributed by atoms with E-state index in [2.05, 4.69) is 10.6 Å². The highest BCUT2D eigenvalue weighted by Gasteiger charge is 2.25. The number of rotatable bonds is 6. The summed E-state index contributed by atoms with van der Waals surface area (Å²) in [6.07, 6.45) is 3.36. The van der Waals surface area contributed by atoms with E-state index in [0.717, 1.165) is 37.0 Å². The van der Waals surface area contributed by atoms with Crippen LogP contribution in [0.1, 0.15) is 31.7 Å². The summed E-state index contributed by atoms with van der Waals surface area (Å²) in [7, 11) is 1.64. The fourth-order valence-electron chi connectivity index (χ4n) is 2.96. The van der Waals surface area contributed by atoms with Crippen molar-refractivity contribution in [2.45, 2.75) is 44.8 Å². The molecule has 3 atom stereocenters. The minimum atomic E-state index is -0.269. The fraction of sp³-hybridized carbons (Fsp3) is 0.588. The monoisotopic (exact) mass is 306 g/mol. The van der Waals surface area contributed by atoms with E-state index in [4.69, 9.17) is 4.74 Å². The molecule has 0 heterocycles. The highest BCUT2D eigenvalue weighted by molar-refractivity contribution is 5.74. The zero-order valence-corrected chi connectivity index (χ0v) is 13.3. The number of amides is 2. The molecule has 0 bridgehead atoms. The maximum absolute atomic E-state index is 11.9. The van der Waals surface area contributed by atoms with Gasteiger partial charge in [-0.05, 0) is 43.9 Å². The van der Waals surface area contributed by atoms with Crippen LogP contribution in [-0.2, 0) is 6.42 Å². The van der Waals surface area contributed by atoms with E-state index in [1.807, 2.05) is 31.2 Å². The van der Waals surface area contributed by atoms with Crippen LogP contribution in [0.4, 0.5) is 4.79 Å². The highest BCUT2D eigenvalue weighted by atomic mass is 16.5. The number of hydrogen-bond acceptors (Lipinski definition) is 3. The summed E-state index contributed by atoms with van der Waals surface area (Å²) >= 11 is 0. The molecule has 1 aromatic rings. The standard InChI is InChI=1S/C17H26N2O3/c1-12(9-13-5-3-7-15(10-13)22-2)19-17(21)18-11-14-6-4-8-16(14)20/h3,5,7,10,12,14,16,20H,4,6,8-9,11H2,1-2H3,(H2,18,19,21)/t12-,14+,16+/m0/s1. The summed E-state index contributed by atoms with van der Waals surface area (Å²) in [6.45, 7) is 2.52. The van der Waals surface area contributed by atoms with Crippen LogP contribution >= 0.6 is 0 Å². The van der Waals surface area contributed by atoms with Crippen LogP contribution in [-0.4, -0.2) is 36.9 Å². The van der Waals surface area contributed by atoms with E-state index in [1.54, 1.807) is 7.11 Å². The minimum Gasteiger partial charge on any atom is -0.497 e. The van der Waals surface area contributed by atoms with Crippen LogP contribution in [0.25, 0.3) is 0 Å². The average molecular weight is 306 g/mol. The van der Waals surface area contributed by atoms with Gasteiger partial charge in [-0.15, -0.1) is 0 Å². The third-order valence-electron chi connectivity index (χ3n) is 4.20. The Morgan fingerprint density at radius 3 is 2.95 bits per heavy atom. The lowest BCUT2D eigenvalue weighted by atomic mass is 10.1. The quantitative estimate of drug-likeness (QED) is 0.753. The van der Waals surface area contributed by atoms with Gasteiger partial charge in [0.1, 0.15) is 5.75 Å². The second-order valence-corrected chi connectivity index (χ2v) is 6.07. The van der Waals surface area contributed by atoms with Gasteiger partial charge in [-0.1, -0.05) is 18.6 Å². The molecule has 1 aromatic carbocycles. The fourth-order valence-corrected chi connectivity index (χ4v) is 2.96. The molecule has 0 aromatic heterocycles. The first-order valence-corrected chi connectivity index (χ1v) is 7.94. The Balaban J connectivity index is 1.73. The van der Waals surface area contributed by atoms with Gasteiger partial charge in [-0.25, -0.2) is 4.79 Å². The lowest BCUT2D eigenvalue weighted by Gasteiger charge is -2.18. The largest absolute Gasteiger partial charge is 0.497 e. The number of carbonyl (C=O) groups excluding carboxylic acids is 1. The lowest BCUT2D eigenvalue weighted by Crippen LogP contribution is -2.44. The number of methoxy groups -OCH3 is 1. The molecule has 1 saturated carbocycles. The predicted molar refractivity (Wildman–Crippen MR) is 86.0 cm³/mol. The summed E-state index contributed by atoms with van der Waals surface area (Å²) in [5, 5.41) is 15.5. The van der Waals surface area contributed by atoms with Crippen LogP contribution in [0, 0.1) is 5.92 Å². The molecule has 1 aliphatic carbocycles. The van der Waals surface area contributed by atoms with Gasteiger partial charge in [0.2, 0.25) is 0 Å². The van der Waals surface area contributed by atoms with E-state index < -0.39 is 0 Å². The van der Waals surface area contributed by atoms with Crippen molar-refractivity contribution in [3.8, 4) is 5.75 Å². The summed E-state index contributed by atoms with van der Waals surface area (Å²) < 4.78 is 5.20. The molecule has 22 heavy (non-hydrogen) atoms. The average Bonchev–Trinajstić information content (AvgIpc) is 2.90. The van der Waals surface area contributed by atoms with Gasteiger partial charge in [0.25, 0.3) is 0 Å². The number of aliphatic hydroxyl groups is 1. The van der Waals surface area contributed by atoms with E-state index in [9.17, 15) is 9.90 Å². The van der Waals surface area contributed by atoms with Crippen molar-refractivity contribution in [2.75, 3.05) is 13.7 Å². The molecule has 5 heteroatoms. The van der Waals surface area contributed by atoms with Crippen molar-refractivity contribution in [3.05, 3.63) is 29.8 Å². The second kappa shape index (κ2) is 8.03. The first-order chi connectivity index (χ1) is 10.6. The summed E-state index contributed by atoms with van der Waals surface area (Å²) in [6, 6.07) is 7.71. The maximum Gasteiger partial charge on any atom is 0.315 e. The van der Waals surface area contributed by atoms with E-state index >= 15 is 0 Å². The number of aliphatic hydroxyl groups excluding tert-OH is 1. The summed E-state index contributed by atoms with van der Waals surface area (Å²) in [5.41, 5.74) is 1.12. The van der Waals surface area contributed by atoms with Crippen molar-refractivity contribution in [3.63, 3.8) is 0 Å². The number of ether oxygens (including phenoxy) is 1. The predicted octanol–water partition coefficient (Wildman–Crippen LogP) is 2.09. The number of carbonyl (C=O) groups is 1. The molecule has 0 saturated heterocycles. The molecule has 0 spiro atoms. The number of nitrogens with one attached hydrogen (secondary N) is 2. The summed E-state index contributed by atoms with van der Waals surface area (Å²) in [5.74, 6) is 1.02. The number of benzene rings is 1. The Morgan fingerprint density at radius 2 is 2.27 bits per heavy atom. The van der Waals surface area contributed by atoms with Crippen molar-refractivity contribution in [1.29, 1.82) is 0 Å². The SMILES string of the molecule is COc1cccc(C[C@H](C)NC(=O)NC[C@H]2CCC[C@H]2O)c1. The lowest BCUT2D eigenvalue weighted by molar-refractivity contribution is 0.132. The van der Waals surface area contributed by atoms with Crippen molar-refractivity contribution in [2.24, 2.45) is 5.92 Å². The molecule has 2 rings (SSSR count). The Kier molecular flexibility index (Phi) is 6.07. The van der Waals surface area contributed by atoms with Gasteiger partial charge in [-0.3, -0.25) is 0 Å². The Labute approximate surface area is 132 Å². The van der Waals surface area contributed by atoms with E-state index in [-0.39, 0.29) is 24.1 Å². The van der Waals surface area contributed by atoms with Crippen molar-refractivity contribution >= 4 is 6.03 Å². The van der Waals surface area contributed by atoms with Gasteiger partial charge in [0, 0.05) is 18.5 Å². The van der Waals surface area contributed by atoms with Crippen LogP contribution in [0.5, 0.6) is 5.75 Å². The smallest absolute Gasteiger partial charge is 0.315 e. The molecule has 0 radical (unpaired) electrons. The molecule has 1 fully saturated rings. The zero-order chi connectivity index (χ0) is 15.9. The van der Waals surface area contributed by atoms with Crippen LogP contribution in [0.2, 0.25) is 0 Å². The Morgan fingerprint density at radius 1 is 1.45 bits per heavy atom. The molecule has 5 nitrogen and oxygen atoms in total. The number of hydrogen-bond donors (Lipinski definition) is 3. The minimum absolute atomic E-state index is 0.0283. The van der Waals surface area contributed by atoms with Gasteiger partial charge in [0.15, 0.2) is 0 Å². The van der Waals surface area contributed by atoms with Crippen LogP contribution in [0.3, 0.4) is 0 Å². The molecule has 3 N–H and O–H groups in total. The normalized spacial score (nSPS) is 22.1. The topological polar surface area (TPSA) is 70.6 Å². The third kappa shape index (κ3) is 4.91. The van der Waals surface area contributed by atoms with Crippen molar-refractivity contribution in [1.82, 2.24) is 10.6 Å². The molecular weight excluding hydrogens is 280 g/mol. The summed E-state index contributed by atoms with van der Waals surface area (Å²) in [4.78, 5) is 11.9. The first-order valence-electron chi connectivity index (χ1n) is 7.94. The van der Waals surface area contributed by atoms with Crippen molar-refractivity contribution < 1.29 is 14.6 Å². The van der Waals surface area contributed by atoms with E-state index in [1.165, 1.54) is 0 Å². The first kappa shape index (κ1) is 16.6. The van der Waals surface area contributed by atoms with Crippen LogP contribution < -0.4 is 15.4 Å². The maximum atomic E-state index is 11.9. The van der Waals surface area contributed by atoms with Gasteiger partial charge >= 0.3 is 6.03 Å². The molecule has 0 unspecified atom stereocenters. The van der Waals surface area contributed by atoms with E-state index in [0.29, 0.717) is 6.54 Å². The highest BCUT2D eigenvalue weighted by Crippen LogP contribution is 2.24.